The molecule has 2 heterocycles. The molecule has 3 atom stereocenters. The molecule has 5 nitrogen and oxygen atoms in total. The predicted molar refractivity (Wildman–Crippen MR) is 121 cm³/mol. The molecule has 0 radical (unpaired) electrons. The van der Waals surface area contributed by atoms with Gasteiger partial charge in [0.2, 0.25) is 5.91 Å². The molecule has 1 aromatic heterocycles. The van der Waals surface area contributed by atoms with E-state index >= 15 is 0 Å². The van der Waals surface area contributed by atoms with E-state index in [4.69, 9.17) is 4.74 Å². The second-order valence-electron chi connectivity index (χ2n) is 10.6. The number of halogens is 3. The largest absolute Gasteiger partial charge is 0.494 e. The van der Waals surface area contributed by atoms with Crippen LogP contribution in [-0.4, -0.2) is 48.2 Å². The molecule has 5 rings (SSSR count). The molecule has 180 valence electrons. The zero-order valence-electron chi connectivity index (χ0n) is 19.0. The van der Waals surface area contributed by atoms with Crippen LogP contribution in [0.5, 0.6) is 5.75 Å². The van der Waals surface area contributed by atoms with Crippen molar-refractivity contribution in [3.63, 3.8) is 0 Å². The average Bonchev–Trinajstić information content (AvgIpc) is 3.38. The van der Waals surface area contributed by atoms with Crippen LogP contribution in [0.2, 0.25) is 0 Å². The van der Waals surface area contributed by atoms with Crippen LogP contribution < -0.4 is 10.1 Å². The summed E-state index contributed by atoms with van der Waals surface area (Å²) in [5.74, 6) is 2.13. The minimum absolute atomic E-state index is 0.0709. The average molecular weight is 464 g/mol. The zero-order valence-corrected chi connectivity index (χ0v) is 19.0. The topological polar surface area (TPSA) is 57.4 Å². The Kier molecular flexibility index (Phi) is 5.83. The predicted octanol–water partition coefficient (Wildman–Crippen LogP) is 5.59. The van der Waals surface area contributed by atoms with Crippen LogP contribution in [0.25, 0.3) is 10.9 Å². The van der Waals surface area contributed by atoms with E-state index in [2.05, 4.69) is 10.3 Å². The second-order valence-corrected chi connectivity index (χ2v) is 10.6. The lowest BCUT2D eigenvalue weighted by molar-refractivity contribution is -0.144. The standard InChI is InChI=1S/C25H32F3N3O2/c1-24(6-2-7-24)23(32)30-22-12-29-21-4-3-19(11-20(21)22)33-8-5-16-9-17-13-31(14-18(17)10-16)15-25(26,27)28/h3-4,11-12,16-18,29H,2,5-10,13-15H2,1H3,(H,30,32)/t16-,17-,18+. The Morgan fingerprint density at radius 2 is 1.97 bits per heavy atom. The van der Waals surface area contributed by atoms with Crippen LogP contribution >= 0.6 is 0 Å². The van der Waals surface area contributed by atoms with Gasteiger partial charge in [0.25, 0.3) is 0 Å². The number of hydrogen-bond acceptors (Lipinski definition) is 3. The van der Waals surface area contributed by atoms with Gasteiger partial charge in [0.05, 0.1) is 18.8 Å². The van der Waals surface area contributed by atoms with Crippen molar-refractivity contribution in [3.8, 4) is 5.75 Å². The summed E-state index contributed by atoms with van der Waals surface area (Å²) in [5.41, 5.74) is 1.46. The summed E-state index contributed by atoms with van der Waals surface area (Å²) in [6.07, 6.45) is 3.58. The number of nitrogens with zero attached hydrogens (tertiary/aromatic N) is 1. The first-order valence-corrected chi connectivity index (χ1v) is 12.0. The molecular weight excluding hydrogens is 431 g/mol. The Morgan fingerprint density at radius 1 is 1.24 bits per heavy atom. The quantitative estimate of drug-likeness (QED) is 0.563. The third-order valence-corrected chi connectivity index (χ3v) is 8.03. The SMILES string of the molecule is CC1(C(=O)Nc2c[nH]c3ccc(OCC[C@@H]4C[C@@H]5CN(CC(F)(F)F)C[C@@H]5C4)cc23)CCC1. The molecule has 2 aromatic rings. The highest BCUT2D eigenvalue weighted by Gasteiger charge is 2.43. The molecule has 1 aromatic carbocycles. The van der Waals surface area contributed by atoms with Gasteiger partial charge >= 0.3 is 6.18 Å². The Hall–Kier alpha value is -2.22. The second kappa shape index (κ2) is 8.53. The van der Waals surface area contributed by atoms with E-state index in [-0.39, 0.29) is 11.3 Å². The molecule has 0 bridgehead atoms. The molecule has 2 N–H and O–H groups in total. The van der Waals surface area contributed by atoms with E-state index in [0.29, 0.717) is 37.5 Å². The number of hydrogen-bond donors (Lipinski definition) is 2. The van der Waals surface area contributed by atoms with Crippen LogP contribution in [0, 0.1) is 23.2 Å². The molecule has 0 unspecified atom stereocenters. The van der Waals surface area contributed by atoms with Crippen molar-refractivity contribution in [3.05, 3.63) is 24.4 Å². The van der Waals surface area contributed by atoms with Crippen molar-refractivity contribution in [1.29, 1.82) is 0 Å². The van der Waals surface area contributed by atoms with E-state index < -0.39 is 12.7 Å². The minimum atomic E-state index is -4.11. The molecule has 3 fully saturated rings. The molecule has 1 amide bonds. The first kappa shape index (κ1) is 22.6. The van der Waals surface area contributed by atoms with E-state index in [1.54, 1.807) is 4.90 Å². The number of rotatable bonds is 7. The fourth-order valence-electron chi connectivity index (χ4n) is 5.98. The number of aromatic nitrogens is 1. The number of benzene rings is 1. The lowest BCUT2D eigenvalue weighted by atomic mass is 9.70. The van der Waals surface area contributed by atoms with Crippen molar-refractivity contribution < 1.29 is 22.7 Å². The Labute approximate surface area is 192 Å². The highest BCUT2D eigenvalue weighted by atomic mass is 19.4. The van der Waals surface area contributed by atoms with Gasteiger partial charge in [0, 0.05) is 35.6 Å². The van der Waals surface area contributed by atoms with Crippen molar-refractivity contribution in [2.45, 2.75) is 51.6 Å². The molecule has 1 saturated heterocycles. The van der Waals surface area contributed by atoms with Crippen molar-refractivity contribution in [1.82, 2.24) is 9.88 Å². The number of ether oxygens (including phenoxy) is 1. The summed E-state index contributed by atoms with van der Waals surface area (Å²) in [4.78, 5) is 17.4. The molecule has 33 heavy (non-hydrogen) atoms. The number of aromatic amines is 1. The molecule has 3 aliphatic rings. The Bertz CT molecular complexity index is 1000. The number of anilines is 1. The van der Waals surface area contributed by atoms with Crippen molar-refractivity contribution in [2.75, 3.05) is 31.6 Å². The van der Waals surface area contributed by atoms with Crippen LogP contribution in [0.4, 0.5) is 18.9 Å². The maximum atomic E-state index is 12.6. The van der Waals surface area contributed by atoms with Gasteiger partial charge in [-0.15, -0.1) is 0 Å². The maximum absolute atomic E-state index is 12.6. The van der Waals surface area contributed by atoms with E-state index in [0.717, 1.165) is 60.9 Å². The summed E-state index contributed by atoms with van der Waals surface area (Å²) >= 11 is 0. The highest BCUT2D eigenvalue weighted by Crippen LogP contribution is 2.44. The number of fused-ring (bicyclic) bond motifs is 2. The molecule has 8 heteroatoms. The Morgan fingerprint density at radius 3 is 2.61 bits per heavy atom. The van der Waals surface area contributed by atoms with Gasteiger partial charge < -0.3 is 15.0 Å². The van der Waals surface area contributed by atoms with Gasteiger partial charge in [-0.1, -0.05) is 13.3 Å². The summed E-state index contributed by atoms with van der Waals surface area (Å²) < 4.78 is 44.0. The summed E-state index contributed by atoms with van der Waals surface area (Å²) in [6.45, 7) is 2.96. The summed E-state index contributed by atoms with van der Waals surface area (Å²) in [7, 11) is 0. The molecule has 2 aliphatic carbocycles. The van der Waals surface area contributed by atoms with Gasteiger partial charge in [0.1, 0.15) is 5.75 Å². The molecular formula is C25H32F3N3O2. The first-order valence-electron chi connectivity index (χ1n) is 12.0. The van der Waals surface area contributed by atoms with Crippen molar-refractivity contribution in [2.24, 2.45) is 23.2 Å². The van der Waals surface area contributed by atoms with Crippen molar-refractivity contribution >= 4 is 22.5 Å². The fourth-order valence-corrected chi connectivity index (χ4v) is 5.98. The lowest BCUT2D eigenvalue weighted by Gasteiger charge is -2.36. The van der Waals surface area contributed by atoms with Crippen LogP contribution in [0.1, 0.15) is 45.4 Å². The molecule has 1 aliphatic heterocycles. The van der Waals surface area contributed by atoms with Gasteiger partial charge in [-0.3, -0.25) is 9.69 Å². The van der Waals surface area contributed by atoms with Gasteiger partial charge in [-0.2, -0.15) is 13.2 Å². The third kappa shape index (κ3) is 4.86. The zero-order chi connectivity index (χ0) is 23.2. The fraction of sp³-hybridized carbons (Fsp3) is 0.640. The first-order chi connectivity index (χ1) is 15.7. The van der Waals surface area contributed by atoms with Gasteiger partial charge in [-0.05, 0) is 68.1 Å². The number of alkyl halides is 3. The van der Waals surface area contributed by atoms with Gasteiger partial charge in [-0.25, -0.2) is 0 Å². The third-order valence-electron chi connectivity index (χ3n) is 8.03. The highest BCUT2D eigenvalue weighted by molar-refractivity contribution is 6.04. The smallest absolute Gasteiger partial charge is 0.401 e. The summed E-state index contributed by atoms with van der Waals surface area (Å²) in [5, 5.41) is 4.01. The number of nitrogens with one attached hydrogen (secondary N) is 2. The normalized spacial score (nSPS) is 26.8. The number of carbonyl (C=O) groups excluding carboxylic acids is 1. The monoisotopic (exact) mass is 463 g/mol. The number of H-pyrrole nitrogens is 1. The number of likely N-dealkylation sites (tertiary alicyclic amines) is 1. The van der Waals surface area contributed by atoms with E-state index in [9.17, 15) is 18.0 Å². The maximum Gasteiger partial charge on any atom is 0.401 e. The summed E-state index contributed by atoms with van der Waals surface area (Å²) in [6, 6.07) is 5.85. The Balaban J connectivity index is 1.12. The van der Waals surface area contributed by atoms with Crippen LogP contribution in [-0.2, 0) is 4.79 Å². The van der Waals surface area contributed by atoms with Crippen LogP contribution in [0.15, 0.2) is 24.4 Å². The number of amides is 1. The van der Waals surface area contributed by atoms with E-state index in [1.165, 1.54) is 0 Å². The van der Waals surface area contributed by atoms with Crippen LogP contribution in [0.3, 0.4) is 0 Å². The minimum Gasteiger partial charge on any atom is -0.494 e. The van der Waals surface area contributed by atoms with Gasteiger partial charge in [0.15, 0.2) is 0 Å². The molecule has 0 spiro atoms. The number of carbonyl (C=O) groups is 1. The molecule has 2 saturated carbocycles. The van der Waals surface area contributed by atoms with E-state index in [1.807, 2.05) is 31.3 Å². The lowest BCUT2D eigenvalue weighted by Crippen LogP contribution is -2.39.